The molecule has 1 aromatic heterocycles. The Balaban J connectivity index is 2.27. The van der Waals surface area contributed by atoms with Crippen LogP contribution in [0.3, 0.4) is 0 Å². The highest BCUT2D eigenvalue weighted by Crippen LogP contribution is 2.27. The molecule has 1 unspecified atom stereocenters. The van der Waals surface area contributed by atoms with Gasteiger partial charge in [-0.25, -0.2) is 4.39 Å². The smallest absolute Gasteiger partial charge is 0.127 e. The van der Waals surface area contributed by atoms with Crippen molar-refractivity contribution in [2.75, 3.05) is 0 Å². The molecule has 0 bridgehead atoms. The molecule has 2 N–H and O–H groups in total. The largest absolute Gasteiger partial charge is 0.324 e. The quantitative estimate of drug-likeness (QED) is 0.932. The first-order valence-corrected chi connectivity index (χ1v) is 6.13. The lowest BCUT2D eigenvalue weighted by molar-refractivity contribution is 0.593. The zero-order valence-electron chi connectivity index (χ0n) is 9.41. The fourth-order valence-corrected chi connectivity index (χ4v) is 2.24. The van der Waals surface area contributed by atoms with E-state index >= 15 is 0 Å². The van der Waals surface area contributed by atoms with E-state index in [9.17, 15) is 4.39 Å². The van der Waals surface area contributed by atoms with Crippen LogP contribution in [0.1, 0.15) is 17.2 Å². The number of nitrogens with zero attached hydrogens (tertiary/aromatic N) is 1. The van der Waals surface area contributed by atoms with Crippen LogP contribution in [0.2, 0.25) is 10.0 Å². The molecule has 1 heterocycles. The lowest BCUT2D eigenvalue weighted by Crippen LogP contribution is -2.15. The second-order valence-corrected chi connectivity index (χ2v) is 4.72. The molecule has 1 atom stereocenters. The van der Waals surface area contributed by atoms with Crippen LogP contribution in [0.25, 0.3) is 0 Å². The SMILES string of the molecule is NC(Cc1c(F)cccc1Cl)c1ccncc1Cl. The van der Waals surface area contributed by atoms with Gasteiger partial charge in [-0.2, -0.15) is 0 Å². The van der Waals surface area contributed by atoms with Gasteiger partial charge in [0.2, 0.25) is 0 Å². The topological polar surface area (TPSA) is 38.9 Å². The molecule has 0 radical (unpaired) electrons. The molecule has 18 heavy (non-hydrogen) atoms. The van der Waals surface area contributed by atoms with Gasteiger partial charge in [-0.1, -0.05) is 29.3 Å². The van der Waals surface area contributed by atoms with E-state index in [1.165, 1.54) is 12.3 Å². The molecule has 2 aromatic rings. The molecule has 5 heteroatoms. The highest BCUT2D eigenvalue weighted by Gasteiger charge is 2.15. The summed E-state index contributed by atoms with van der Waals surface area (Å²) < 4.78 is 13.6. The number of halogens is 3. The van der Waals surface area contributed by atoms with Crippen LogP contribution in [-0.2, 0) is 6.42 Å². The lowest BCUT2D eigenvalue weighted by Gasteiger charge is -2.14. The molecule has 2 rings (SSSR count). The molecule has 0 saturated heterocycles. The van der Waals surface area contributed by atoms with E-state index in [-0.39, 0.29) is 12.2 Å². The average molecular weight is 285 g/mol. The minimum atomic E-state index is -0.421. The number of pyridine rings is 1. The van der Waals surface area contributed by atoms with Gasteiger partial charge >= 0.3 is 0 Å². The second-order valence-electron chi connectivity index (χ2n) is 3.91. The number of hydrogen-bond acceptors (Lipinski definition) is 2. The summed E-state index contributed by atoms with van der Waals surface area (Å²) >= 11 is 12.0. The van der Waals surface area contributed by atoms with Gasteiger partial charge in [-0.15, -0.1) is 0 Å². The minimum absolute atomic E-state index is 0.287. The van der Waals surface area contributed by atoms with Gasteiger partial charge in [0, 0.05) is 29.0 Å². The third-order valence-electron chi connectivity index (χ3n) is 2.69. The zero-order valence-corrected chi connectivity index (χ0v) is 10.9. The molecule has 2 nitrogen and oxygen atoms in total. The number of rotatable bonds is 3. The third-order valence-corrected chi connectivity index (χ3v) is 3.36. The molecule has 0 aliphatic carbocycles. The van der Waals surface area contributed by atoms with Crippen LogP contribution in [0.15, 0.2) is 36.7 Å². The highest BCUT2D eigenvalue weighted by atomic mass is 35.5. The second kappa shape index (κ2) is 5.65. The molecule has 1 aromatic carbocycles. The third kappa shape index (κ3) is 2.80. The normalized spacial score (nSPS) is 12.4. The first-order valence-electron chi connectivity index (χ1n) is 5.37. The fraction of sp³-hybridized carbons (Fsp3) is 0.154. The Labute approximate surface area is 115 Å². The minimum Gasteiger partial charge on any atom is -0.324 e. The maximum atomic E-state index is 13.6. The molecule has 0 amide bonds. The van der Waals surface area contributed by atoms with Crippen molar-refractivity contribution in [3.8, 4) is 0 Å². The molecule has 0 saturated carbocycles. The Hall–Kier alpha value is -1.16. The predicted molar refractivity (Wildman–Crippen MR) is 71.3 cm³/mol. The van der Waals surface area contributed by atoms with E-state index < -0.39 is 6.04 Å². The first-order chi connectivity index (χ1) is 8.59. The van der Waals surface area contributed by atoms with Crippen LogP contribution in [0.5, 0.6) is 0 Å². The summed E-state index contributed by atoms with van der Waals surface area (Å²) in [6.45, 7) is 0. The zero-order chi connectivity index (χ0) is 13.1. The van der Waals surface area contributed by atoms with Crippen molar-refractivity contribution in [3.63, 3.8) is 0 Å². The van der Waals surface area contributed by atoms with Crippen LogP contribution in [-0.4, -0.2) is 4.98 Å². The fourth-order valence-electron chi connectivity index (χ4n) is 1.74. The van der Waals surface area contributed by atoms with Gasteiger partial charge < -0.3 is 5.73 Å². The van der Waals surface area contributed by atoms with Gasteiger partial charge in [0.25, 0.3) is 0 Å². The molecule has 0 spiro atoms. The van der Waals surface area contributed by atoms with Crippen LogP contribution >= 0.6 is 23.2 Å². The molecular formula is C13H11Cl2FN2. The van der Waals surface area contributed by atoms with Gasteiger partial charge in [0.05, 0.1) is 5.02 Å². The Morgan fingerprint density at radius 2 is 2.00 bits per heavy atom. The van der Waals surface area contributed by atoms with E-state index in [1.807, 2.05) is 0 Å². The molecule has 0 aliphatic heterocycles. The van der Waals surface area contributed by atoms with Crippen LogP contribution in [0.4, 0.5) is 4.39 Å². The summed E-state index contributed by atoms with van der Waals surface area (Å²) in [5, 5.41) is 0.841. The molecule has 94 valence electrons. The molecule has 0 aliphatic rings. The van der Waals surface area contributed by atoms with Crippen molar-refractivity contribution in [1.82, 2.24) is 4.98 Å². The van der Waals surface area contributed by atoms with E-state index in [1.54, 1.807) is 24.4 Å². The van der Waals surface area contributed by atoms with Crippen molar-refractivity contribution in [3.05, 3.63) is 63.6 Å². The van der Waals surface area contributed by atoms with E-state index in [4.69, 9.17) is 28.9 Å². The van der Waals surface area contributed by atoms with Crippen molar-refractivity contribution in [2.45, 2.75) is 12.5 Å². The highest BCUT2D eigenvalue weighted by molar-refractivity contribution is 6.31. The van der Waals surface area contributed by atoms with Gasteiger partial charge in [-0.3, -0.25) is 4.98 Å². The Morgan fingerprint density at radius 1 is 1.22 bits per heavy atom. The summed E-state index contributed by atoms with van der Waals surface area (Å²) in [6.07, 6.45) is 3.40. The van der Waals surface area contributed by atoms with Gasteiger partial charge in [0.15, 0.2) is 0 Å². The standard InChI is InChI=1S/C13H11Cl2FN2/c14-10-2-1-3-12(16)9(10)6-13(17)8-4-5-18-7-11(8)15/h1-5,7,13H,6,17H2. The first kappa shape index (κ1) is 13.3. The monoisotopic (exact) mass is 284 g/mol. The molecular weight excluding hydrogens is 274 g/mol. The van der Waals surface area contributed by atoms with Gasteiger partial charge in [-0.05, 0) is 30.2 Å². The molecule has 0 fully saturated rings. The summed E-state index contributed by atoms with van der Waals surface area (Å²) in [5.74, 6) is -0.358. The number of benzene rings is 1. The van der Waals surface area contributed by atoms with Crippen molar-refractivity contribution < 1.29 is 4.39 Å². The Morgan fingerprint density at radius 3 is 2.67 bits per heavy atom. The van der Waals surface area contributed by atoms with E-state index in [0.717, 1.165) is 5.56 Å². The van der Waals surface area contributed by atoms with Crippen LogP contribution in [0, 0.1) is 5.82 Å². The maximum absolute atomic E-state index is 13.6. The number of hydrogen-bond donors (Lipinski definition) is 1. The summed E-state index contributed by atoms with van der Waals surface area (Å²) in [5.41, 5.74) is 7.16. The average Bonchev–Trinajstić information content (AvgIpc) is 2.34. The maximum Gasteiger partial charge on any atom is 0.127 e. The van der Waals surface area contributed by atoms with Crippen molar-refractivity contribution in [2.24, 2.45) is 5.73 Å². The van der Waals surface area contributed by atoms with Crippen molar-refractivity contribution >= 4 is 23.2 Å². The Kier molecular flexibility index (Phi) is 4.17. The number of aromatic nitrogens is 1. The number of nitrogens with two attached hydrogens (primary N) is 1. The van der Waals surface area contributed by atoms with E-state index in [2.05, 4.69) is 4.98 Å². The van der Waals surface area contributed by atoms with Gasteiger partial charge in [0.1, 0.15) is 5.82 Å². The lowest BCUT2D eigenvalue weighted by atomic mass is 10.00. The predicted octanol–water partition coefficient (Wildman–Crippen LogP) is 3.77. The van der Waals surface area contributed by atoms with Crippen molar-refractivity contribution in [1.29, 1.82) is 0 Å². The Bertz CT molecular complexity index is 540. The summed E-state index contributed by atoms with van der Waals surface area (Å²) in [7, 11) is 0. The van der Waals surface area contributed by atoms with Crippen LogP contribution < -0.4 is 5.73 Å². The van der Waals surface area contributed by atoms with E-state index in [0.29, 0.717) is 15.6 Å². The summed E-state index contributed by atoms with van der Waals surface area (Å²) in [4.78, 5) is 3.88. The summed E-state index contributed by atoms with van der Waals surface area (Å²) in [6, 6.07) is 5.87.